The Kier molecular flexibility index (Phi) is 7.51. The Hall–Kier alpha value is -4.70. The number of ether oxygens (including phenoxy) is 2. The lowest BCUT2D eigenvalue weighted by Crippen LogP contribution is -2.02. The van der Waals surface area contributed by atoms with Gasteiger partial charge in [-0.3, -0.25) is 0 Å². The molecule has 4 nitrogen and oxygen atoms in total. The van der Waals surface area contributed by atoms with Crippen LogP contribution >= 0.6 is 0 Å². The Labute approximate surface area is 259 Å². The molecule has 2 heterocycles. The van der Waals surface area contributed by atoms with E-state index in [2.05, 4.69) is 95.8 Å². The van der Waals surface area contributed by atoms with Gasteiger partial charge in [0.15, 0.2) is 0 Å². The average Bonchev–Trinajstić information content (AvgIpc) is 3.57. The summed E-state index contributed by atoms with van der Waals surface area (Å²) in [5.74, 6) is 1.76. The first-order valence-corrected chi connectivity index (χ1v) is 15.9. The molecule has 0 aliphatic carbocycles. The van der Waals surface area contributed by atoms with Gasteiger partial charge in [-0.2, -0.15) is 0 Å². The van der Waals surface area contributed by atoms with E-state index in [0.717, 1.165) is 50.3 Å². The van der Waals surface area contributed by atoms with Crippen molar-refractivity contribution in [3.8, 4) is 33.8 Å². The van der Waals surface area contributed by atoms with E-state index in [-0.39, 0.29) is 0 Å². The van der Waals surface area contributed by atoms with Gasteiger partial charge in [0.1, 0.15) is 11.5 Å². The van der Waals surface area contributed by atoms with Crippen molar-refractivity contribution in [1.29, 1.82) is 0 Å². The molecule has 0 aliphatic heterocycles. The maximum atomic E-state index is 5.41. The summed E-state index contributed by atoms with van der Waals surface area (Å²) in [6, 6.07) is 35.5. The molecule has 5 aromatic carbocycles. The van der Waals surface area contributed by atoms with Gasteiger partial charge in [-0.1, -0.05) is 75.2 Å². The van der Waals surface area contributed by atoms with E-state index in [1.807, 2.05) is 24.3 Å². The molecule has 0 aliphatic rings. The van der Waals surface area contributed by atoms with Crippen molar-refractivity contribution in [2.24, 2.45) is 0 Å². The fourth-order valence-corrected chi connectivity index (χ4v) is 6.80. The fourth-order valence-electron chi connectivity index (χ4n) is 6.80. The highest BCUT2D eigenvalue weighted by Crippen LogP contribution is 2.41. The summed E-state index contributed by atoms with van der Waals surface area (Å²) in [6.07, 6.45) is 4.61. The van der Waals surface area contributed by atoms with Gasteiger partial charge in [-0.05, 0) is 83.6 Å². The predicted molar refractivity (Wildman–Crippen MR) is 186 cm³/mol. The van der Waals surface area contributed by atoms with Crippen molar-refractivity contribution in [3.63, 3.8) is 0 Å². The van der Waals surface area contributed by atoms with Crippen molar-refractivity contribution < 1.29 is 9.47 Å². The van der Waals surface area contributed by atoms with Gasteiger partial charge in [0.25, 0.3) is 0 Å². The number of methoxy groups -OCH3 is 2. The van der Waals surface area contributed by atoms with Gasteiger partial charge in [-0.25, -0.2) is 0 Å². The molecule has 44 heavy (non-hydrogen) atoms. The highest BCUT2D eigenvalue weighted by molar-refractivity contribution is 6.23. The lowest BCUT2D eigenvalue weighted by atomic mass is 10.0. The van der Waals surface area contributed by atoms with Crippen LogP contribution in [-0.4, -0.2) is 23.4 Å². The molecule has 0 saturated heterocycles. The van der Waals surface area contributed by atoms with Gasteiger partial charge in [-0.15, -0.1) is 0 Å². The number of aryl methyl sites for hydroxylation is 2. The van der Waals surface area contributed by atoms with Crippen LogP contribution in [0.4, 0.5) is 0 Å². The Bertz CT molecular complexity index is 1940. The largest absolute Gasteiger partial charge is 0.497 e. The molecule has 0 radical (unpaired) electrons. The molecule has 0 amide bonds. The molecule has 7 aromatic rings. The molecule has 0 spiro atoms. The Balaban J connectivity index is 1.50. The van der Waals surface area contributed by atoms with Gasteiger partial charge >= 0.3 is 0 Å². The average molecular weight is 581 g/mol. The van der Waals surface area contributed by atoms with Crippen molar-refractivity contribution in [2.75, 3.05) is 14.2 Å². The monoisotopic (exact) mass is 580 g/mol. The standard InChI is InChI=1S/C40H40N2O2/c1-5-7-23-41-37-21-13-29(27-9-15-31(43-3)16-10-27)25-35(37)33-19-20-34-36-26-30(28-11-17-32(44-4)18-12-28)14-22-38(36)42(24-8-6-2)40(34)39(33)41/h9-22,25-26H,5-8,23-24H2,1-4H3. The lowest BCUT2D eigenvalue weighted by Gasteiger charge is -2.12. The lowest BCUT2D eigenvalue weighted by molar-refractivity contribution is 0.415. The minimum Gasteiger partial charge on any atom is -0.497 e. The molecule has 0 fully saturated rings. The molecule has 0 saturated carbocycles. The summed E-state index contributed by atoms with van der Waals surface area (Å²) < 4.78 is 16.0. The molecule has 0 atom stereocenters. The predicted octanol–water partition coefficient (Wildman–Crippen LogP) is 10.9. The zero-order chi connectivity index (χ0) is 30.2. The van der Waals surface area contributed by atoms with Crippen LogP contribution in [0.25, 0.3) is 65.9 Å². The fraction of sp³-hybridized carbons (Fsp3) is 0.250. The normalized spacial score (nSPS) is 11.7. The van der Waals surface area contributed by atoms with Crippen molar-refractivity contribution in [3.05, 3.63) is 97.1 Å². The number of fused-ring (bicyclic) bond motifs is 7. The molecule has 7 rings (SSSR count). The molecule has 2 aromatic heterocycles. The third-order valence-electron chi connectivity index (χ3n) is 9.16. The second-order valence-corrected chi connectivity index (χ2v) is 11.8. The Morgan fingerprint density at radius 2 is 0.841 bits per heavy atom. The maximum absolute atomic E-state index is 5.41. The second-order valence-electron chi connectivity index (χ2n) is 11.8. The van der Waals surface area contributed by atoms with Crippen LogP contribution in [0.3, 0.4) is 0 Å². The zero-order valence-electron chi connectivity index (χ0n) is 26.2. The molecule has 0 bridgehead atoms. The number of rotatable bonds is 10. The topological polar surface area (TPSA) is 28.3 Å². The number of benzene rings is 5. The highest BCUT2D eigenvalue weighted by Gasteiger charge is 2.20. The molecular formula is C40H40N2O2. The molecule has 4 heteroatoms. The minimum atomic E-state index is 0.878. The van der Waals surface area contributed by atoms with E-state index >= 15 is 0 Å². The Morgan fingerprint density at radius 1 is 0.455 bits per heavy atom. The van der Waals surface area contributed by atoms with E-state index in [0.29, 0.717) is 0 Å². The summed E-state index contributed by atoms with van der Waals surface area (Å²) in [5.41, 5.74) is 10.2. The van der Waals surface area contributed by atoms with Gasteiger partial charge in [0.2, 0.25) is 0 Å². The van der Waals surface area contributed by atoms with Gasteiger partial charge in [0, 0.05) is 45.7 Å². The molecule has 0 N–H and O–H groups in total. The van der Waals surface area contributed by atoms with Crippen LogP contribution in [-0.2, 0) is 13.1 Å². The van der Waals surface area contributed by atoms with E-state index in [9.17, 15) is 0 Å². The van der Waals surface area contributed by atoms with Gasteiger partial charge < -0.3 is 18.6 Å². The first-order valence-electron chi connectivity index (χ1n) is 15.9. The molecule has 0 unspecified atom stereocenters. The van der Waals surface area contributed by atoms with Crippen LogP contribution < -0.4 is 9.47 Å². The molecular weight excluding hydrogens is 540 g/mol. The third-order valence-corrected chi connectivity index (χ3v) is 9.16. The molecule has 222 valence electrons. The Morgan fingerprint density at radius 3 is 1.20 bits per heavy atom. The van der Waals surface area contributed by atoms with Crippen LogP contribution in [0.15, 0.2) is 97.1 Å². The van der Waals surface area contributed by atoms with Crippen molar-refractivity contribution in [2.45, 2.75) is 52.6 Å². The summed E-state index contributed by atoms with van der Waals surface area (Å²) in [7, 11) is 3.43. The summed E-state index contributed by atoms with van der Waals surface area (Å²) in [6.45, 7) is 6.57. The van der Waals surface area contributed by atoms with Crippen molar-refractivity contribution in [1.82, 2.24) is 9.13 Å². The quantitative estimate of drug-likeness (QED) is 0.161. The number of hydrogen-bond donors (Lipinski definition) is 0. The van der Waals surface area contributed by atoms with Crippen LogP contribution in [0.5, 0.6) is 11.5 Å². The van der Waals surface area contributed by atoms with E-state index in [1.54, 1.807) is 14.2 Å². The van der Waals surface area contributed by atoms with E-state index < -0.39 is 0 Å². The highest BCUT2D eigenvalue weighted by atomic mass is 16.5. The first-order chi connectivity index (χ1) is 21.6. The minimum absolute atomic E-state index is 0.878. The number of unbranched alkanes of at least 4 members (excludes halogenated alkanes) is 2. The zero-order valence-corrected chi connectivity index (χ0v) is 26.2. The van der Waals surface area contributed by atoms with E-state index in [1.165, 1.54) is 65.9 Å². The van der Waals surface area contributed by atoms with E-state index in [4.69, 9.17) is 9.47 Å². The SMILES string of the molecule is CCCCn1c2ccc(-c3ccc(OC)cc3)cc2c2ccc3c4cc(-c5ccc(OC)cc5)ccc4n(CCCC)c3c21. The van der Waals surface area contributed by atoms with Crippen LogP contribution in [0.1, 0.15) is 39.5 Å². The third kappa shape index (κ3) is 4.70. The second kappa shape index (κ2) is 11.8. The summed E-state index contributed by atoms with van der Waals surface area (Å²) >= 11 is 0. The first kappa shape index (κ1) is 28.1. The van der Waals surface area contributed by atoms with Crippen LogP contribution in [0.2, 0.25) is 0 Å². The maximum Gasteiger partial charge on any atom is 0.118 e. The van der Waals surface area contributed by atoms with Crippen LogP contribution in [0, 0.1) is 0 Å². The van der Waals surface area contributed by atoms with Gasteiger partial charge in [0.05, 0.1) is 25.3 Å². The summed E-state index contributed by atoms with van der Waals surface area (Å²) in [5, 5.41) is 5.29. The number of hydrogen-bond acceptors (Lipinski definition) is 2. The smallest absolute Gasteiger partial charge is 0.118 e. The number of nitrogens with zero attached hydrogens (tertiary/aromatic N) is 2. The number of aromatic nitrogens is 2. The van der Waals surface area contributed by atoms with Crippen molar-refractivity contribution >= 4 is 43.6 Å². The summed E-state index contributed by atoms with van der Waals surface area (Å²) in [4.78, 5) is 0.